The molecule has 0 saturated carbocycles. The Morgan fingerprint density at radius 3 is 2.22 bits per heavy atom. The molecule has 0 saturated heterocycles. The lowest BCUT2D eigenvalue weighted by atomic mass is 10.1. The summed E-state index contributed by atoms with van der Waals surface area (Å²) in [6.45, 7) is 5.77. The molecule has 0 bridgehead atoms. The molecule has 0 atom stereocenters. The molecule has 3 aromatic carbocycles. The first-order valence-electron chi connectivity index (χ1n) is 11.1. The lowest BCUT2D eigenvalue weighted by Crippen LogP contribution is -2.32. The smallest absolute Gasteiger partial charge is 0.329 e. The largest absolute Gasteiger partial charge is 0.497 e. The molecule has 0 unspecified atom stereocenters. The van der Waals surface area contributed by atoms with Crippen LogP contribution in [0.4, 0.5) is 11.4 Å². The summed E-state index contributed by atoms with van der Waals surface area (Å²) < 4.78 is 10.6. The molecular weight excluding hydrogens is 460 g/mol. The quantitative estimate of drug-likeness (QED) is 0.254. The van der Waals surface area contributed by atoms with E-state index in [-0.39, 0.29) is 12.5 Å². The van der Waals surface area contributed by atoms with E-state index < -0.39 is 11.8 Å². The van der Waals surface area contributed by atoms with Gasteiger partial charge >= 0.3 is 11.8 Å². The van der Waals surface area contributed by atoms with Crippen molar-refractivity contribution in [3.63, 3.8) is 0 Å². The van der Waals surface area contributed by atoms with E-state index in [9.17, 15) is 14.4 Å². The van der Waals surface area contributed by atoms with Crippen molar-refractivity contribution in [2.75, 3.05) is 24.4 Å². The van der Waals surface area contributed by atoms with Crippen LogP contribution in [0, 0.1) is 20.8 Å². The molecule has 36 heavy (non-hydrogen) atoms. The molecule has 0 spiro atoms. The molecule has 9 nitrogen and oxygen atoms in total. The average Bonchev–Trinajstić information content (AvgIpc) is 2.85. The summed E-state index contributed by atoms with van der Waals surface area (Å²) in [5.41, 5.74) is 7.17. The maximum absolute atomic E-state index is 12.3. The summed E-state index contributed by atoms with van der Waals surface area (Å²) in [5, 5.41) is 9.15. The molecule has 3 aromatic rings. The highest BCUT2D eigenvalue weighted by atomic mass is 16.5. The van der Waals surface area contributed by atoms with Crippen molar-refractivity contribution in [1.82, 2.24) is 5.43 Å². The third kappa shape index (κ3) is 7.42. The van der Waals surface area contributed by atoms with Crippen LogP contribution in [0.5, 0.6) is 11.5 Å². The molecule has 3 N–H and O–H groups in total. The number of hydrazone groups is 1. The van der Waals surface area contributed by atoms with Crippen LogP contribution in [0.3, 0.4) is 0 Å². The Kier molecular flexibility index (Phi) is 8.77. The molecule has 3 rings (SSSR count). The number of hydrogen-bond donors (Lipinski definition) is 3. The Labute approximate surface area is 209 Å². The van der Waals surface area contributed by atoms with Gasteiger partial charge in [0.05, 0.1) is 13.3 Å². The van der Waals surface area contributed by atoms with Crippen LogP contribution in [0.15, 0.2) is 65.8 Å². The van der Waals surface area contributed by atoms with Gasteiger partial charge in [-0.2, -0.15) is 5.10 Å². The lowest BCUT2D eigenvalue weighted by molar-refractivity contribution is -0.136. The molecule has 9 heteroatoms. The van der Waals surface area contributed by atoms with E-state index in [0.717, 1.165) is 22.4 Å². The lowest BCUT2D eigenvalue weighted by Gasteiger charge is -2.13. The summed E-state index contributed by atoms with van der Waals surface area (Å²) >= 11 is 0. The minimum Gasteiger partial charge on any atom is -0.497 e. The van der Waals surface area contributed by atoms with Gasteiger partial charge in [-0.3, -0.25) is 14.4 Å². The third-order valence-electron chi connectivity index (χ3n) is 5.11. The van der Waals surface area contributed by atoms with Crippen LogP contribution in [0.25, 0.3) is 0 Å². The summed E-state index contributed by atoms with van der Waals surface area (Å²) in [7, 11) is 1.51. The van der Waals surface area contributed by atoms with Gasteiger partial charge in [0, 0.05) is 17.4 Å². The Morgan fingerprint density at radius 1 is 0.861 bits per heavy atom. The number of amides is 3. The average molecular weight is 489 g/mol. The van der Waals surface area contributed by atoms with E-state index in [1.165, 1.54) is 13.3 Å². The number of nitrogens with one attached hydrogen (secondary N) is 3. The van der Waals surface area contributed by atoms with E-state index >= 15 is 0 Å². The zero-order valence-corrected chi connectivity index (χ0v) is 20.5. The number of methoxy groups -OCH3 is 1. The fourth-order valence-corrected chi connectivity index (χ4v) is 3.46. The molecule has 0 aliphatic carbocycles. The van der Waals surface area contributed by atoms with Crippen LogP contribution >= 0.6 is 0 Å². The van der Waals surface area contributed by atoms with E-state index in [2.05, 4.69) is 21.2 Å². The molecule has 0 heterocycles. The molecule has 0 aliphatic rings. The predicted octanol–water partition coefficient (Wildman–Crippen LogP) is 3.73. The van der Waals surface area contributed by atoms with Crippen molar-refractivity contribution < 1.29 is 23.9 Å². The first-order valence-corrected chi connectivity index (χ1v) is 11.1. The van der Waals surface area contributed by atoms with Gasteiger partial charge in [-0.15, -0.1) is 0 Å². The van der Waals surface area contributed by atoms with Gasteiger partial charge in [-0.1, -0.05) is 23.8 Å². The number of hydrogen-bond acceptors (Lipinski definition) is 6. The number of carbonyl (C=O) groups excluding carboxylic acids is 3. The number of benzene rings is 3. The Balaban J connectivity index is 1.46. The zero-order chi connectivity index (χ0) is 26.1. The zero-order valence-electron chi connectivity index (χ0n) is 20.5. The molecule has 0 fully saturated rings. The second kappa shape index (κ2) is 12.2. The van der Waals surface area contributed by atoms with Gasteiger partial charge in [-0.25, -0.2) is 5.43 Å². The first-order chi connectivity index (χ1) is 17.2. The van der Waals surface area contributed by atoms with Crippen LogP contribution in [0.1, 0.15) is 22.3 Å². The topological polar surface area (TPSA) is 118 Å². The first kappa shape index (κ1) is 26.0. The molecule has 186 valence electrons. The predicted molar refractivity (Wildman–Crippen MR) is 139 cm³/mol. The summed E-state index contributed by atoms with van der Waals surface area (Å²) in [5.74, 6) is -0.986. The molecule has 0 aromatic heterocycles. The number of rotatable bonds is 8. The number of nitrogens with zero attached hydrogens (tertiary/aromatic N) is 1. The number of ether oxygens (including phenoxy) is 2. The van der Waals surface area contributed by atoms with Crippen molar-refractivity contribution in [3.05, 3.63) is 82.9 Å². The molecule has 0 radical (unpaired) electrons. The highest BCUT2D eigenvalue weighted by molar-refractivity contribution is 6.39. The van der Waals surface area contributed by atoms with E-state index in [1.54, 1.807) is 48.5 Å². The maximum atomic E-state index is 12.3. The van der Waals surface area contributed by atoms with Gasteiger partial charge in [0.25, 0.3) is 5.91 Å². The third-order valence-corrected chi connectivity index (χ3v) is 5.11. The minimum atomic E-state index is -0.918. The van der Waals surface area contributed by atoms with Crippen LogP contribution in [-0.4, -0.2) is 37.7 Å². The number of anilines is 2. The van der Waals surface area contributed by atoms with Crippen molar-refractivity contribution in [1.29, 1.82) is 0 Å². The SMILES string of the molecule is COc1cccc(NC(=O)C(=O)N/N=C/c2ccc(OCC(=O)Nc3c(C)cc(C)cc3C)cc2)c1. The normalized spacial score (nSPS) is 10.6. The summed E-state index contributed by atoms with van der Waals surface area (Å²) in [6, 6.07) is 17.4. The Hall–Kier alpha value is -4.66. The highest BCUT2D eigenvalue weighted by Crippen LogP contribution is 2.22. The van der Waals surface area contributed by atoms with Gasteiger partial charge < -0.3 is 20.1 Å². The summed E-state index contributed by atoms with van der Waals surface area (Å²) in [4.78, 5) is 36.3. The van der Waals surface area contributed by atoms with Gasteiger partial charge in [-0.05, 0) is 73.9 Å². The van der Waals surface area contributed by atoms with Gasteiger partial charge in [0.15, 0.2) is 6.61 Å². The Morgan fingerprint density at radius 2 is 1.56 bits per heavy atom. The van der Waals surface area contributed by atoms with Crippen molar-refractivity contribution >= 4 is 35.3 Å². The second-order valence-electron chi connectivity index (χ2n) is 8.06. The number of aryl methyl sites for hydroxylation is 3. The number of carbonyl (C=O) groups is 3. The summed E-state index contributed by atoms with van der Waals surface area (Å²) in [6.07, 6.45) is 1.39. The van der Waals surface area contributed by atoms with E-state index in [4.69, 9.17) is 9.47 Å². The van der Waals surface area contributed by atoms with Crippen molar-refractivity contribution in [3.8, 4) is 11.5 Å². The minimum absolute atomic E-state index is 0.140. The van der Waals surface area contributed by atoms with Crippen molar-refractivity contribution in [2.24, 2.45) is 5.10 Å². The molecule has 0 aliphatic heterocycles. The second-order valence-corrected chi connectivity index (χ2v) is 8.06. The molecule has 3 amide bonds. The van der Waals surface area contributed by atoms with E-state index in [0.29, 0.717) is 22.7 Å². The van der Waals surface area contributed by atoms with Gasteiger partial charge in [0.1, 0.15) is 11.5 Å². The van der Waals surface area contributed by atoms with Crippen LogP contribution < -0.4 is 25.5 Å². The standard InChI is InChI=1S/C27H28N4O5/c1-17-12-18(2)25(19(3)13-17)30-24(32)16-36-22-10-8-20(9-11-22)15-28-31-27(34)26(33)29-21-6-5-7-23(14-21)35-4/h5-15H,16H2,1-4H3,(H,29,33)(H,30,32)(H,31,34)/b28-15+. The maximum Gasteiger partial charge on any atom is 0.329 e. The van der Waals surface area contributed by atoms with Gasteiger partial charge in [0.2, 0.25) is 0 Å². The highest BCUT2D eigenvalue weighted by Gasteiger charge is 2.13. The van der Waals surface area contributed by atoms with E-state index in [1.807, 2.05) is 32.9 Å². The fourth-order valence-electron chi connectivity index (χ4n) is 3.46. The van der Waals surface area contributed by atoms with Crippen molar-refractivity contribution in [2.45, 2.75) is 20.8 Å². The Bertz CT molecular complexity index is 1260. The molecular formula is C27H28N4O5. The van der Waals surface area contributed by atoms with Crippen LogP contribution in [0.2, 0.25) is 0 Å². The monoisotopic (exact) mass is 488 g/mol. The van der Waals surface area contributed by atoms with Crippen LogP contribution in [-0.2, 0) is 14.4 Å². The fraction of sp³-hybridized carbons (Fsp3) is 0.185.